The molecule has 4 rings (SSSR count). The third-order valence-corrected chi connectivity index (χ3v) is 8.10. The number of carboxylic acids is 2. The molecule has 1 aliphatic rings. The van der Waals surface area contributed by atoms with Crippen LogP contribution in [0.4, 0.5) is 0 Å². The zero-order valence-corrected chi connectivity index (χ0v) is 23.8. The largest absolute Gasteiger partial charge is 0.481 e. The standard InChI is InChI=1S/C30H27Cl2NO9/c1-41-30(40)25-22(23(27(35)36)24(25)28(37)38)26(34)33-11-10-19(12-15-6-9-20(31)21(32)13-15)42-29(39)18-8-7-16-4-2-3-5-17(16)14-18/h2-9,13-14,19,22-25H,10-12H2,1H3,(H,33,34)(H,35,36)(H,37,38)/t19-,22-,23-,24-,25-/m0/s1. The third kappa shape index (κ3) is 6.66. The summed E-state index contributed by atoms with van der Waals surface area (Å²) < 4.78 is 10.4. The number of esters is 2. The van der Waals surface area contributed by atoms with Gasteiger partial charge in [0.1, 0.15) is 6.10 Å². The summed E-state index contributed by atoms with van der Waals surface area (Å²) in [4.78, 5) is 61.8. The van der Waals surface area contributed by atoms with Crippen molar-refractivity contribution in [2.45, 2.75) is 18.9 Å². The zero-order chi connectivity index (χ0) is 30.6. The molecule has 3 N–H and O–H groups in total. The SMILES string of the molecule is COC(=O)[C@@H]1[C@@H](C(=O)O)[C@@H](C(=O)O)[C@@H]1C(=O)NCC[C@@H](Cc1ccc(Cl)c(Cl)c1)OC(=O)c1ccc2ccccc2c1. The van der Waals surface area contributed by atoms with E-state index >= 15 is 0 Å². The van der Waals surface area contributed by atoms with Crippen molar-refractivity contribution in [2.75, 3.05) is 13.7 Å². The average Bonchev–Trinajstić information content (AvgIpc) is 2.93. The van der Waals surface area contributed by atoms with Gasteiger partial charge >= 0.3 is 23.9 Å². The van der Waals surface area contributed by atoms with E-state index in [0.717, 1.165) is 17.9 Å². The fourth-order valence-corrected chi connectivity index (χ4v) is 5.58. The second-order valence-electron chi connectivity index (χ2n) is 9.92. The fourth-order valence-electron chi connectivity index (χ4n) is 5.26. The van der Waals surface area contributed by atoms with Crippen molar-refractivity contribution in [1.29, 1.82) is 0 Å². The number of rotatable bonds is 11. The summed E-state index contributed by atoms with van der Waals surface area (Å²) in [6.45, 7) is -0.0652. The van der Waals surface area contributed by atoms with Crippen LogP contribution in [0.3, 0.4) is 0 Å². The molecule has 1 saturated carbocycles. The molecule has 1 aliphatic carbocycles. The van der Waals surface area contributed by atoms with Gasteiger partial charge < -0.3 is 25.0 Å². The highest BCUT2D eigenvalue weighted by molar-refractivity contribution is 6.42. The number of nitrogens with one attached hydrogen (secondary N) is 1. The number of carbonyl (C=O) groups is 5. The lowest BCUT2D eigenvalue weighted by molar-refractivity contribution is -0.188. The van der Waals surface area contributed by atoms with E-state index in [9.17, 15) is 34.2 Å². The number of carbonyl (C=O) groups excluding carboxylic acids is 3. The number of hydrogen-bond acceptors (Lipinski definition) is 7. The fraction of sp³-hybridized carbons (Fsp3) is 0.300. The number of hydrogen-bond donors (Lipinski definition) is 3. The maximum absolute atomic E-state index is 13.1. The Kier molecular flexibility index (Phi) is 9.70. The molecule has 220 valence electrons. The van der Waals surface area contributed by atoms with Gasteiger partial charge in [0.05, 0.1) is 46.4 Å². The first-order chi connectivity index (χ1) is 20.0. The summed E-state index contributed by atoms with van der Waals surface area (Å²) in [5.74, 6) is -11.5. The molecule has 0 saturated heterocycles. The van der Waals surface area contributed by atoms with Crippen molar-refractivity contribution >= 4 is 63.8 Å². The zero-order valence-electron chi connectivity index (χ0n) is 22.3. The summed E-state index contributed by atoms with van der Waals surface area (Å²) >= 11 is 12.2. The Hall–Kier alpha value is -4.15. The first kappa shape index (κ1) is 30.8. The lowest BCUT2D eigenvalue weighted by Gasteiger charge is -2.44. The van der Waals surface area contributed by atoms with E-state index in [1.807, 2.05) is 24.3 Å². The highest BCUT2D eigenvalue weighted by atomic mass is 35.5. The number of halogens is 2. The van der Waals surface area contributed by atoms with E-state index in [2.05, 4.69) is 10.1 Å². The van der Waals surface area contributed by atoms with Crippen LogP contribution in [0.5, 0.6) is 0 Å². The van der Waals surface area contributed by atoms with E-state index in [4.69, 9.17) is 27.9 Å². The van der Waals surface area contributed by atoms with Gasteiger partial charge in [0.25, 0.3) is 0 Å². The van der Waals surface area contributed by atoms with E-state index < -0.39 is 59.6 Å². The lowest BCUT2D eigenvalue weighted by atomic mass is 9.56. The second kappa shape index (κ2) is 13.2. The van der Waals surface area contributed by atoms with Crippen LogP contribution in [0.2, 0.25) is 10.0 Å². The van der Waals surface area contributed by atoms with Crippen molar-refractivity contribution in [2.24, 2.45) is 23.7 Å². The Morgan fingerprint density at radius 1 is 0.833 bits per heavy atom. The third-order valence-electron chi connectivity index (χ3n) is 7.37. The van der Waals surface area contributed by atoms with Crippen molar-refractivity contribution in [1.82, 2.24) is 5.32 Å². The first-order valence-corrected chi connectivity index (χ1v) is 13.7. The topological polar surface area (TPSA) is 156 Å². The average molecular weight is 616 g/mol. The molecule has 42 heavy (non-hydrogen) atoms. The van der Waals surface area contributed by atoms with E-state index in [1.54, 1.807) is 36.4 Å². The summed E-state index contributed by atoms with van der Waals surface area (Å²) in [5.41, 5.74) is 1.04. The number of benzene rings is 3. The molecule has 0 aliphatic heterocycles. The van der Waals surface area contributed by atoms with Gasteiger partial charge in [-0.1, -0.05) is 59.6 Å². The number of methoxy groups -OCH3 is 1. The number of amides is 1. The van der Waals surface area contributed by atoms with Crippen LogP contribution in [0.15, 0.2) is 60.7 Å². The van der Waals surface area contributed by atoms with Gasteiger partial charge in [0.15, 0.2) is 0 Å². The molecule has 1 amide bonds. The summed E-state index contributed by atoms with van der Waals surface area (Å²) in [7, 11) is 1.03. The van der Waals surface area contributed by atoms with Gasteiger partial charge in [-0.3, -0.25) is 19.2 Å². The Morgan fingerprint density at radius 3 is 2.14 bits per heavy atom. The van der Waals surface area contributed by atoms with Crippen molar-refractivity contribution in [3.05, 3.63) is 81.8 Å². The minimum atomic E-state index is -1.61. The second-order valence-corrected chi connectivity index (χ2v) is 10.7. The molecule has 0 bridgehead atoms. The van der Waals surface area contributed by atoms with Crippen LogP contribution < -0.4 is 5.32 Å². The van der Waals surface area contributed by atoms with Gasteiger partial charge in [-0.2, -0.15) is 0 Å². The summed E-state index contributed by atoms with van der Waals surface area (Å²) in [5, 5.41) is 24.1. The monoisotopic (exact) mass is 615 g/mol. The molecule has 10 nitrogen and oxygen atoms in total. The van der Waals surface area contributed by atoms with Crippen molar-refractivity contribution in [3.63, 3.8) is 0 Å². The van der Waals surface area contributed by atoms with Crippen LogP contribution in [0.25, 0.3) is 10.8 Å². The first-order valence-electron chi connectivity index (χ1n) is 13.0. The van der Waals surface area contributed by atoms with E-state index in [1.165, 1.54) is 0 Å². The van der Waals surface area contributed by atoms with Crippen LogP contribution >= 0.6 is 23.2 Å². The molecule has 1 fully saturated rings. The molecule has 0 radical (unpaired) electrons. The molecule has 3 aromatic rings. The van der Waals surface area contributed by atoms with Crippen LogP contribution in [0.1, 0.15) is 22.3 Å². The van der Waals surface area contributed by atoms with Gasteiger partial charge in [-0.25, -0.2) is 4.79 Å². The van der Waals surface area contributed by atoms with Crippen LogP contribution in [0, 0.1) is 23.7 Å². The number of fused-ring (bicyclic) bond motifs is 1. The lowest BCUT2D eigenvalue weighted by Crippen LogP contribution is -2.62. The quantitative estimate of drug-likeness (QED) is 0.268. The van der Waals surface area contributed by atoms with Gasteiger partial charge in [-0.15, -0.1) is 0 Å². The van der Waals surface area contributed by atoms with Crippen LogP contribution in [-0.4, -0.2) is 59.8 Å². The van der Waals surface area contributed by atoms with Crippen LogP contribution in [-0.2, 0) is 35.1 Å². The molecule has 0 unspecified atom stereocenters. The molecule has 12 heteroatoms. The van der Waals surface area contributed by atoms with E-state index in [-0.39, 0.29) is 19.4 Å². The minimum Gasteiger partial charge on any atom is -0.481 e. The van der Waals surface area contributed by atoms with Gasteiger partial charge in [-0.05, 0) is 40.6 Å². The maximum Gasteiger partial charge on any atom is 0.338 e. The van der Waals surface area contributed by atoms with Crippen molar-refractivity contribution in [3.8, 4) is 0 Å². The number of carboxylic acid groups (broad SMARTS) is 2. The highest BCUT2D eigenvalue weighted by Crippen LogP contribution is 2.47. The molecule has 0 spiro atoms. The molecule has 3 aromatic carbocycles. The maximum atomic E-state index is 13.1. The Balaban J connectivity index is 1.49. The Bertz CT molecular complexity index is 1540. The molecule has 0 aromatic heterocycles. The summed E-state index contributed by atoms with van der Waals surface area (Å²) in [6, 6.07) is 17.7. The number of ether oxygens (including phenoxy) is 2. The normalized spacial score (nSPS) is 20.2. The molecular weight excluding hydrogens is 589 g/mol. The smallest absolute Gasteiger partial charge is 0.338 e. The molecule has 5 atom stereocenters. The summed E-state index contributed by atoms with van der Waals surface area (Å²) in [6.07, 6.45) is -0.415. The number of aliphatic carboxylic acids is 2. The van der Waals surface area contributed by atoms with Gasteiger partial charge in [0, 0.05) is 19.4 Å². The Morgan fingerprint density at radius 2 is 1.50 bits per heavy atom. The molecular formula is C30H27Cl2NO9. The van der Waals surface area contributed by atoms with E-state index in [0.29, 0.717) is 21.2 Å². The predicted molar refractivity (Wildman–Crippen MR) is 152 cm³/mol. The van der Waals surface area contributed by atoms with Crippen molar-refractivity contribution < 1.29 is 43.7 Å². The van der Waals surface area contributed by atoms with Gasteiger partial charge in [0.2, 0.25) is 5.91 Å². The highest BCUT2D eigenvalue weighted by Gasteiger charge is 2.64. The minimum absolute atomic E-state index is 0.0652. The molecule has 0 heterocycles. The Labute approximate surface area is 250 Å². The predicted octanol–water partition coefficient (Wildman–Crippen LogP) is 4.24.